The van der Waals surface area contributed by atoms with Gasteiger partial charge in [0.05, 0.1) is 51.8 Å². The number of carbonyl (C=O) groups excluding carboxylic acids is 2. The molecule has 0 spiro atoms. The molecule has 8 aliphatic heterocycles. The molecule has 41 heteroatoms. The zero-order valence-corrected chi connectivity index (χ0v) is 50.1. The van der Waals surface area contributed by atoms with Gasteiger partial charge < -0.3 is 194 Å². The molecule has 8 fully saturated rings. The van der Waals surface area contributed by atoms with Gasteiger partial charge >= 0.3 is 0 Å². The highest BCUT2D eigenvalue weighted by atomic mass is 16.8. The Bertz CT molecular complexity index is 2350. The maximum atomic E-state index is 13.3. The second-order valence-electron chi connectivity index (χ2n) is 23.8. The fourth-order valence-electron chi connectivity index (χ4n) is 12.1. The van der Waals surface area contributed by atoms with Crippen molar-refractivity contribution < 1.29 is 193 Å². The molecule has 0 saturated carbocycles. The molecule has 8 heterocycles. The highest BCUT2D eigenvalue weighted by Gasteiger charge is 2.61. The summed E-state index contributed by atoms with van der Waals surface area (Å²) in [5.74, 6) is -1.89. The molecule has 41 nitrogen and oxygen atoms in total. The number of rotatable bonds is 22. The lowest BCUT2D eigenvalue weighted by atomic mass is 9.93. The van der Waals surface area contributed by atoms with E-state index in [0.717, 1.165) is 13.8 Å². The first-order valence-corrected chi connectivity index (χ1v) is 29.9. The predicted octanol–water partition coefficient (Wildman–Crippen LogP) is -16.1. The van der Waals surface area contributed by atoms with Crippen molar-refractivity contribution in [2.75, 3.05) is 39.6 Å². The molecule has 8 aliphatic rings. The van der Waals surface area contributed by atoms with Crippen LogP contribution in [0.3, 0.4) is 0 Å². The SMILES string of the molecule is CC(=O)N[C@H]1[C@H](O[C@H]2[C@@H](O)[C@@H](CO)O[C@@H](O[C@H]3[C@H](O)[C@@H](O)C(O)O[C@@H]3CO)[C@@H]2O)O[C@H](CO)[C@@H](O[C@@H]2O[C@H](CO)[C@H](O)[C@H](O[C@@H]3O[C@H](CO)[C@@H](O)[C@H](O[C@@H]4O[C@H](CO)[C@H](O)[C@H](O)[C@H]4O[C@@H]4O[C@@H](C)[C@@H](O)[C@@H](O)[C@@H]4O)[C@H]3NC(C)=O)[C@H]2O)[C@@H]1O[C@@H]1O[C@@H](C)[C@@H](O)[C@@H](O)[C@@H]1O. The normalized spacial score (nSPS) is 51.6. The van der Waals surface area contributed by atoms with Crippen molar-refractivity contribution >= 4 is 11.8 Å². The molecule has 540 valence electrons. The molecule has 24 N–H and O–H groups in total. The third-order valence-corrected chi connectivity index (χ3v) is 17.4. The van der Waals surface area contributed by atoms with Crippen molar-refractivity contribution in [3.05, 3.63) is 0 Å². The molecule has 93 heavy (non-hydrogen) atoms. The minimum Gasteiger partial charge on any atom is -0.394 e. The van der Waals surface area contributed by atoms with E-state index < -0.39 is 297 Å². The van der Waals surface area contributed by atoms with Crippen molar-refractivity contribution in [1.29, 1.82) is 0 Å². The Balaban J connectivity index is 1.11. The minimum absolute atomic E-state index is 0.933. The van der Waals surface area contributed by atoms with Crippen LogP contribution < -0.4 is 10.6 Å². The molecule has 0 aromatic heterocycles. The van der Waals surface area contributed by atoms with Crippen molar-refractivity contribution in [3.8, 4) is 0 Å². The monoisotopic (exact) mass is 1360 g/mol. The zero-order chi connectivity index (χ0) is 68.5. The number of ether oxygens (including phenoxy) is 15. The zero-order valence-electron chi connectivity index (χ0n) is 50.1. The average molecular weight is 1370 g/mol. The van der Waals surface area contributed by atoms with Crippen LogP contribution in [0, 0.1) is 0 Å². The number of amides is 2. The van der Waals surface area contributed by atoms with E-state index in [1.54, 1.807) is 0 Å². The Morgan fingerprint density at radius 3 is 1.03 bits per heavy atom. The van der Waals surface area contributed by atoms with Crippen LogP contribution in [0.5, 0.6) is 0 Å². The largest absolute Gasteiger partial charge is 0.394 e. The maximum Gasteiger partial charge on any atom is 0.217 e. The molecular formula is C52H88N2O39. The number of hydrogen-bond donors (Lipinski definition) is 24. The van der Waals surface area contributed by atoms with Crippen LogP contribution in [0.1, 0.15) is 27.7 Å². The molecule has 0 radical (unpaired) electrons. The van der Waals surface area contributed by atoms with Gasteiger partial charge in [-0.3, -0.25) is 9.59 Å². The fourth-order valence-corrected chi connectivity index (χ4v) is 12.1. The van der Waals surface area contributed by atoms with Gasteiger partial charge in [-0.2, -0.15) is 0 Å². The van der Waals surface area contributed by atoms with E-state index in [-0.39, 0.29) is 0 Å². The minimum atomic E-state index is -2.41. The first kappa shape index (κ1) is 76.2. The third-order valence-electron chi connectivity index (χ3n) is 17.4. The van der Waals surface area contributed by atoms with E-state index in [2.05, 4.69) is 10.6 Å². The molecule has 1 unspecified atom stereocenters. The van der Waals surface area contributed by atoms with Crippen LogP contribution in [0.25, 0.3) is 0 Å². The first-order valence-electron chi connectivity index (χ1n) is 29.9. The quantitative estimate of drug-likeness (QED) is 0.0479. The summed E-state index contributed by atoms with van der Waals surface area (Å²) in [4.78, 5) is 26.4. The van der Waals surface area contributed by atoms with Crippen LogP contribution in [0.4, 0.5) is 0 Å². The van der Waals surface area contributed by atoms with E-state index >= 15 is 0 Å². The number of hydrogen-bond acceptors (Lipinski definition) is 39. The van der Waals surface area contributed by atoms with Gasteiger partial charge in [0.25, 0.3) is 0 Å². The Morgan fingerprint density at radius 2 is 0.591 bits per heavy atom. The van der Waals surface area contributed by atoms with E-state index in [0.29, 0.717) is 0 Å². The Morgan fingerprint density at radius 1 is 0.280 bits per heavy atom. The van der Waals surface area contributed by atoms with Gasteiger partial charge in [-0.25, -0.2) is 0 Å². The van der Waals surface area contributed by atoms with Crippen LogP contribution >= 0.6 is 0 Å². The van der Waals surface area contributed by atoms with Crippen molar-refractivity contribution in [2.45, 2.75) is 273 Å². The molecule has 8 saturated heterocycles. The standard InChI is InChI=1S/C52H88N2O39/c1-11-23(63)29(69)34(74)48(79-11)90-41-22(54-14(4)62)47(92-42-27(67)17(7-57)83-50(36(42)76)87-38-19(9-59)81-45(78)33(73)32(38)72)86-20(10-60)39(41)88-51-37(77)43(28(68)18(8-58)84-51)91-46-21(53-13(3)61)40(26(66)16(6-56)82-46)89-52-44(31(71)25(65)15(5-55)85-52)93-49-35(75)30(70)24(64)12(2)80-49/h11-12,15-52,55-60,63-78H,5-10H2,1-4H3,(H,53,61)(H,54,62)/t11-,12-,15+,16+,17+,18+,19+,20+,21+,22+,23+,24+,25-,26+,27-,28-,29+,30+,31-,32+,33+,34-,35-,36+,37+,38+,39+,40+,41+,42-,43-,44+,45?,46-,47-,48-,49-,50-,51-,52-/m0/s1. The summed E-state index contributed by atoms with van der Waals surface area (Å²) in [6, 6.07) is -3.86. The summed E-state index contributed by atoms with van der Waals surface area (Å²) in [6.07, 6.45) is -75.0. The van der Waals surface area contributed by atoms with Gasteiger partial charge in [0, 0.05) is 13.8 Å². The number of aliphatic hydroxyl groups excluding tert-OH is 22. The van der Waals surface area contributed by atoms with Gasteiger partial charge in [0.15, 0.2) is 50.3 Å². The predicted molar refractivity (Wildman–Crippen MR) is 285 cm³/mol. The van der Waals surface area contributed by atoms with Crippen LogP contribution in [0.15, 0.2) is 0 Å². The second kappa shape index (κ2) is 32.6. The van der Waals surface area contributed by atoms with E-state index in [1.807, 2.05) is 0 Å². The summed E-state index contributed by atoms with van der Waals surface area (Å²) in [5, 5.41) is 245. The lowest BCUT2D eigenvalue weighted by molar-refractivity contribution is -0.398. The summed E-state index contributed by atoms with van der Waals surface area (Å²) < 4.78 is 88.3. The van der Waals surface area contributed by atoms with E-state index in [9.17, 15) is 122 Å². The van der Waals surface area contributed by atoms with E-state index in [4.69, 9.17) is 71.1 Å². The van der Waals surface area contributed by atoms with Crippen molar-refractivity contribution in [3.63, 3.8) is 0 Å². The van der Waals surface area contributed by atoms with Gasteiger partial charge in [0.2, 0.25) is 11.8 Å². The highest BCUT2D eigenvalue weighted by Crippen LogP contribution is 2.40. The Labute approximate surface area is 527 Å². The smallest absolute Gasteiger partial charge is 0.217 e. The number of nitrogens with one attached hydrogen (secondary N) is 2. The van der Waals surface area contributed by atoms with Gasteiger partial charge in [0.1, 0.15) is 183 Å². The lowest BCUT2D eigenvalue weighted by Crippen LogP contribution is -2.72. The maximum absolute atomic E-state index is 13.3. The molecule has 0 aromatic rings. The van der Waals surface area contributed by atoms with Gasteiger partial charge in [-0.1, -0.05) is 0 Å². The van der Waals surface area contributed by atoms with Crippen LogP contribution in [-0.2, 0) is 80.6 Å². The molecule has 0 aromatic carbocycles. The summed E-state index contributed by atoms with van der Waals surface area (Å²) in [6.45, 7) is -2.01. The third kappa shape index (κ3) is 16.2. The highest BCUT2D eigenvalue weighted by molar-refractivity contribution is 5.73. The van der Waals surface area contributed by atoms with Crippen molar-refractivity contribution in [2.24, 2.45) is 0 Å². The second-order valence-corrected chi connectivity index (χ2v) is 23.8. The summed E-state index contributed by atoms with van der Waals surface area (Å²) in [7, 11) is 0. The number of aliphatic hydroxyl groups is 22. The Kier molecular flexibility index (Phi) is 26.7. The topological polar surface area (TPSA) is 642 Å². The molecule has 40 atom stereocenters. The van der Waals surface area contributed by atoms with Crippen molar-refractivity contribution in [1.82, 2.24) is 10.6 Å². The summed E-state index contributed by atoms with van der Waals surface area (Å²) >= 11 is 0. The van der Waals surface area contributed by atoms with Crippen LogP contribution in [0.2, 0.25) is 0 Å². The van der Waals surface area contributed by atoms with Gasteiger partial charge in [-0.15, -0.1) is 0 Å². The molecule has 0 bridgehead atoms. The molecule has 0 aliphatic carbocycles. The number of carbonyl (C=O) groups is 2. The Hall–Kier alpha value is -2.54. The van der Waals surface area contributed by atoms with Gasteiger partial charge in [-0.05, 0) is 13.8 Å². The molecule has 8 rings (SSSR count). The summed E-state index contributed by atoms with van der Waals surface area (Å²) in [5.41, 5.74) is 0. The van der Waals surface area contributed by atoms with Crippen LogP contribution in [-0.4, -0.2) is 409 Å². The molecular weight excluding hydrogens is 1280 g/mol. The first-order chi connectivity index (χ1) is 43.9. The lowest BCUT2D eigenvalue weighted by Gasteiger charge is -2.52. The fraction of sp³-hybridized carbons (Fsp3) is 0.962. The van der Waals surface area contributed by atoms with E-state index in [1.165, 1.54) is 13.8 Å². The average Bonchev–Trinajstić information content (AvgIpc) is 0.773. The molecule has 2 amide bonds.